The third-order valence-electron chi connectivity index (χ3n) is 4.45. The molecule has 2 aromatic heterocycles. The summed E-state index contributed by atoms with van der Waals surface area (Å²) in [4.78, 5) is 31.9. The highest BCUT2D eigenvalue weighted by atomic mass is 32.1. The van der Waals surface area contributed by atoms with Gasteiger partial charge in [0.1, 0.15) is 5.82 Å². The topological polar surface area (TPSA) is 73.0 Å². The second-order valence-electron chi connectivity index (χ2n) is 6.04. The van der Waals surface area contributed by atoms with E-state index in [0.29, 0.717) is 19.5 Å². The van der Waals surface area contributed by atoms with Gasteiger partial charge in [-0.25, -0.2) is 14.5 Å². The lowest BCUT2D eigenvalue weighted by Gasteiger charge is -2.26. The van der Waals surface area contributed by atoms with E-state index in [0.717, 1.165) is 24.4 Å². The van der Waals surface area contributed by atoms with Crippen LogP contribution in [0.5, 0.6) is 0 Å². The summed E-state index contributed by atoms with van der Waals surface area (Å²) in [5.41, 5.74) is 2.74. The van der Waals surface area contributed by atoms with Gasteiger partial charge >= 0.3 is 5.69 Å². The van der Waals surface area contributed by atoms with Crippen LogP contribution in [0.4, 0.5) is 0 Å². The molecule has 0 aromatic carbocycles. The molecule has 1 atom stereocenters. The van der Waals surface area contributed by atoms with Crippen molar-refractivity contribution in [1.29, 1.82) is 0 Å². The number of hydrogen-bond donors (Lipinski definition) is 0. The van der Waals surface area contributed by atoms with E-state index in [4.69, 9.17) is 0 Å². The van der Waals surface area contributed by atoms with Gasteiger partial charge in [0.05, 0.1) is 17.1 Å². The van der Waals surface area contributed by atoms with Crippen molar-refractivity contribution >= 4 is 17.2 Å². The number of likely N-dealkylation sites (N-methyl/N-ethyl adjacent to an activating group) is 1. The summed E-state index contributed by atoms with van der Waals surface area (Å²) in [5.74, 6) is 0.745. The lowest BCUT2D eigenvalue weighted by Crippen LogP contribution is -2.40. The highest BCUT2D eigenvalue weighted by Gasteiger charge is 2.29. The Kier molecular flexibility index (Phi) is 4.34. The summed E-state index contributed by atoms with van der Waals surface area (Å²) in [6, 6.07) is 0. The zero-order valence-corrected chi connectivity index (χ0v) is 14.5. The summed E-state index contributed by atoms with van der Waals surface area (Å²) in [7, 11) is 3.48. The van der Waals surface area contributed by atoms with Crippen LogP contribution in [0.2, 0.25) is 0 Å². The first-order valence-corrected chi connectivity index (χ1v) is 8.62. The molecule has 7 nitrogen and oxygen atoms in total. The summed E-state index contributed by atoms with van der Waals surface area (Å²) in [6.45, 7) is 3.10. The van der Waals surface area contributed by atoms with Crippen molar-refractivity contribution in [2.45, 2.75) is 32.7 Å². The molecule has 2 aromatic rings. The van der Waals surface area contributed by atoms with Crippen molar-refractivity contribution in [3.63, 3.8) is 0 Å². The Hall–Kier alpha value is -1.96. The minimum atomic E-state index is -0.142. The van der Waals surface area contributed by atoms with Crippen LogP contribution in [0.1, 0.15) is 22.8 Å². The van der Waals surface area contributed by atoms with Crippen molar-refractivity contribution in [3.05, 3.63) is 32.4 Å². The van der Waals surface area contributed by atoms with E-state index in [1.165, 1.54) is 9.56 Å². The average Bonchev–Trinajstić information content (AvgIpc) is 3.08. The molecule has 124 valence electrons. The molecule has 1 aliphatic heterocycles. The predicted molar refractivity (Wildman–Crippen MR) is 87.5 cm³/mol. The van der Waals surface area contributed by atoms with Crippen molar-refractivity contribution in [3.8, 4) is 0 Å². The molecule has 0 saturated carbocycles. The number of nitrogens with zero attached hydrogens (tertiary/aromatic N) is 5. The normalized spacial score (nSPS) is 17.1. The van der Waals surface area contributed by atoms with E-state index in [1.807, 2.05) is 19.5 Å². The van der Waals surface area contributed by atoms with Crippen LogP contribution >= 0.6 is 11.3 Å². The van der Waals surface area contributed by atoms with Crippen LogP contribution in [0.3, 0.4) is 0 Å². The molecular weight excluding hydrogens is 314 g/mol. The van der Waals surface area contributed by atoms with Gasteiger partial charge in [-0.15, -0.1) is 11.3 Å². The molecular formula is C15H21N5O2S. The number of aryl methyl sites for hydroxylation is 3. The Morgan fingerprint density at radius 3 is 3.00 bits per heavy atom. The smallest absolute Gasteiger partial charge is 0.345 e. The number of fused-ring (bicyclic) bond motifs is 1. The van der Waals surface area contributed by atoms with Crippen molar-refractivity contribution in [2.24, 2.45) is 13.0 Å². The predicted octanol–water partition coefficient (Wildman–Crippen LogP) is 0.610. The number of carbonyl (C=O) groups is 1. The van der Waals surface area contributed by atoms with Crippen LogP contribution in [0.25, 0.3) is 0 Å². The van der Waals surface area contributed by atoms with Gasteiger partial charge in [-0.1, -0.05) is 0 Å². The zero-order valence-electron chi connectivity index (χ0n) is 13.7. The van der Waals surface area contributed by atoms with Crippen LogP contribution < -0.4 is 5.69 Å². The molecule has 0 radical (unpaired) electrons. The summed E-state index contributed by atoms with van der Waals surface area (Å²) < 4.78 is 2.98. The van der Waals surface area contributed by atoms with E-state index < -0.39 is 0 Å². The third-order valence-corrected chi connectivity index (χ3v) is 5.44. The molecule has 0 N–H and O–H groups in total. The fourth-order valence-corrected chi connectivity index (χ4v) is 3.77. The van der Waals surface area contributed by atoms with Gasteiger partial charge in [-0.05, 0) is 13.3 Å². The fourth-order valence-electron chi connectivity index (χ4n) is 3.00. The maximum Gasteiger partial charge on any atom is 0.345 e. The van der Waals surface area contributed by atoms with Crippen molar-refractivity contribution < 1.29 is 4.79 Å². The van der Waals surface area contributed by atoms with Gasteiger partial charge in [0.15, 0.2) is 0 Å². The number of aromatic nitrogens is 4. The Morgan fingerprint density at radius 2 is 2.30 bits per heavy atom. The second kappa shape index (κ2) is 6.27. The minimum absolute atomic E-state index is 0.105. The molecule has 23 heavy (non-hydrogen) atoms. The quantitative estimate of drug-likeness (QED) is 0.821. The molecule has 8 heteroatoms. The van der Waals surface area contributed by atoms with E-state index in [9.17, 15) is 9.59 Å². The molecule has 3 rings (SSSR count). The minimum Gasteiger partial charge on any atom is -0.345 e. The number of hydrogen-bond acceptors (Lipinski definition) is 5. The molecule has 1 amide bonds. The van der Waals surface area contributed by atoms with Gasteiger partial charge in [-0.2, -0.15) is 5.10 Å². The monoisotopic (exact) mass is 335 g/mol. The van der Waals surface area contributed by atoms with Gasteiger partial charge in [-0.3, -0.25) is 9.36 Å². The Morgan fingerprint density at radius 1 is 1.52 bits per heavy atom. The van der Waals surface area contributed by atoms with Crippen molar-refractivity contribution in [1.82, 2.24) is 24.2 Å². The highest BCUT2D eigenvalue weighted by Crippen LogP contribution is 2.19. The lowest BCUT2D eigenvalue weighted by atomic mass is 9.98. The first kappa shape index (κ1) is 15.9. The number of thiazole rings is 1. The zero-order chi connectivity index (χ0) is 16.6. The maximum atomic E-state index is 12.6. The van der Waals surface area contributed by atoms with Gasteiger partial charge in [0.25, 0.3) is 0 Å². The van der Waals surface area contributed by atoms with Crippen LogP contribution in [0, 0.1) is 12.8 Å². The van der Waals surface area contributed by atoms with Crippen LogP contribution in [-0.4, -0.2) is 43.7 Å². The van der Waals surface area contributed by atoms with Gasteiger partial charge < -0.3 is 4.90 Å². The summed E-state index contributed by atoms with van der Waals surface area (Å²) in [6.07, 6.45) is 2.25. The van der Waals surface area contributed by atoms with E-state index in [2.05, 4.69) is 10.1 Å². The molecule has 0 saturated heterocycles. The Labute approximate surface area is 138 Å². The van der Waals surface area contributed by atoms with Gasteiger partial charge in [0, 0.05) is 44.9 Å². The van der Waals surface area contributed by atoms with E-state index in [-0.39, 0.29) is 17.5 Å². The SMILES string of the molecule is Cc1ncsc1CCN(C)C(=O)[C@@H]1CCc2nn(C)c(=O)n2C1. The van der Waals surface area contributed by atoms with Crippen LogP contribution in [0.15, 0.2) is 10.3 Å². The third kappa shape index (κ3) is 3.08. The van der Waals surface area contributed by atoms with E-state index in [1.54, 1.807) is 27.9 Å². The van der Waals surface area contributed by atoms with Crippen LogP contribution in [-0.2, 0) is 31.2 Å². The standard InChI is InChI=1S/C15H21N5O2S/c1-10-12(23-9-16-10)6-7-18(2)14(21)11-4-5-13-17-19(3)15(22)20(13)8-11/h9,11H,4-8H2,1-3H3/t11-/m1/s1. The number of rotatable bonds is 4. The molecule has 0 fully saturated rings. The summed E-state index contributed by atoms with van der Waals surface area (Å²) in [5, 5.41) is 4.21. The van der Waals surface area contributed by atoms with E-state index >= 15 is 0 Å². The number of carbonyl (C=O) groups excluding carboxylic acids is 1. The largest absolute Gasteiger partial charge is 0.345 e. The molecule has 0 bridgehead atoms. The molecule has 0 aliphatic carbocycles. The Bertz CT molecular complexity index is 775. The molecule has 0 unspecified atom stereocenters. The lowest BCUT2D eigenvalue weighted by molar-refractivity contribution is -0.135. The van der Waals surface area contributed by atoms with Crippen molar-refractivity contribution in [2.75, 3.05) is 13.6 Å². The number of amides is 1. The molecule has 3 heterocycles. The highest BCUT2D eigenvalue weighted by molar-refractivity contribution is 7.09. The average molecular weight is 335 g/mol. The molecule has 0 spiro atoms. The Balaban J connectivity index is 1.63. The fraction of sp³-hybridized carbons (Fsp3) is 0.600. The first-order valence-electron chi connectivity index (χ1n) is 7.74. The molecule has 1 aliphatic rings. The summed E-state index contributed by atoms with van der Waals surface area (Å²) >= 11 is 1.63. The van der Waals surface area contributed by atoms with Gasteiger partial charge in [0.2, 0.25) is 5.91 Å². The second-order valence-corrected chi connectivity index (χ2v) is 6.98. The first-order chi connectivity index (χ1) is 11.0. The maximum absolute atomic E-state index is 12.6.